The number of rotatable bonds is 10. The molecular weight excluding hydrogens is 595 g/mol. The maximum Gasteiger partial charge on any atom is 0.422 e. The number of hydrogen-bond acceptors (Lipinski definition) is 6. The van der Waals surface area contributed by atoms with E-state index in [9.17, 15) is 27.9 Å². The average molecular weight is 626 g/mol. The molecule has 0 saturated heterocycles. The zero-order chi connectivity index (χ0) is 32.1. The highest BCUT2D eigenvalue weighted by molar-refractivity contribution is 6.31. The normalized spacial score (nSPS) is 13.5. The molecule has 1 aromatic heterocycles. The lowest BCUT2D eigenvalue weighted by Crippen LogP contribution is -2.47. The summed E-state index contributed by atoms with van der Waals surface area (Å²) in [5.41, 5.74) is -1.43. The molecular formula is C34H31ClF3NO5. The lowest BCUT2D eigenvalue weighted by Gasteiger charge is -2.38. The summed E-state index contributed by atoms with van der Waals surface area (Å²) in [6.45, 7) is 5.28. The standard InChI is InChI=1S/C34H31ClF3NO5/c1-4-28(27-14-13-22(19-29(27)35)21-9-7-11-24(17-21)31(40)43-5-2)33(42,34(36,37)38)26-15-16-39-30(20-26)23-10-8-12-25(18-23)32(41)44-6-3/h7-20,28,42H,4-6H2,1-3H3. The number of carbonyl (C=O) groups is 2. The van der Waals surface area contributed by atoms with Gasteiger partial charge < -0.3 is 14.6 Å². The minimum atomic E-state index is -5.10. The number of pyridine rings is 1. The number of nitrogens with zero attached hydrogens (tertiary/aromatic N) is 1. The van der Waals surface area contributed by atoms with Crippen molar-refractivity contribution in [2.24, 2.45) is 0 Å². The fourth-order valence-corrected chi connectivity index (χ4v) is 5.49. The predicted molar refractivity (Wildman–Crippen MR) is 161 cm³/mol. The van der Waals surface area contributed by atoms with E-state index in [1.54, 1.807) is 63.2 Å². The fraction of sp³-hybridized carbons (Fsp3) is 0.265. The van der Waals surface area contributed by atoms with E-state index in [1.807, 2.05) is 0 Å². The Labute approximate surface area is 258 Å². The summed E-state index contributed by atoms with van der Waals surface area (Å²) in [4.78, 5) is 28.6. The van der Waals surface area contributed by atoms with Crippen LogP contribution in [0.5, 0.6) is 0 Å². The molecule has 44 heavy (non-hydrogen) atoms. The van der Waals surface area contributed by atoms with E-state index in [1.165, 1.54) is 36.5 Å². The monoisotopic (exact) mass is 625 g/mol. The molecule has 0 aliphatic carbocycles. The van der Waals surface area contributed by atoms with Crippen molar-refractivity contribution < 1.29 is 37.3 Å². The first-order chi connectivity index (χ1) is 20.9. The second-order valence-corrected chi connectivity index (χ2v) is 10.4. The third-order valence-electron chi connectivity index (χ3n) is 7.30. The Hall–Kier alpha value is -4.21. The van der Waals surface area contributed by atoms with Crippen LogP contribution in [0.2, 0.25) is 5.02 Å². The van der Waals surface area contributed by atoms with Gasteiger partial charge in [0, 0.05) is 22.7 Å². The number of aliphatic hydroxyl groups is 1. The molecule has 2 atom stereocenters. The molecule has 1 N–H and O–H groups in total. The van der Waals surface area contributed by atoms with E-state index in [4.69, 9.17) is 21.1 Å². The molecule has 0 bridgehead atoms. The second-order valence-electron chi connectivity index (χ2n) is 9.99. The highest BCUT2D eigenvalue weighted by Gasteiger charge is 2.59. The first kappa shape index (κ1) is 32.7. The molecule has 1 heterocycles. The number of esters is 2. The smallest absolute Gasteiger partial charge is 0.422 e. The number of carbonyl (C=O) groups excluding carboxylic acids is 2. The fourth-order valence-electron chi connectivity index (χ4n) is 5.18. The highest BCUT2D eigenvalue weighted by Crippen LogP contribution is 2.52. The van der Waals surface area contributed by atoms with E-state index < -0.39 is 35.2 Å². The van der Waals surface area contributed by atoms with Crippen LogP contribution in [0.15, 0.2) is 85.1 Å². The highest BCUT2D eigenvalue weighted by atomic mass is 35.5. The number of ether oxygens (including phenoxy) is 2. The van der Waals surface area contributed by atoms with Crippen molar-refractivity contribution in [1.29, 1.82) is 0 Å². The molecule has 230 valence electrons. The molecule has 0 spiro atoms. The van der Waals surface area contributed by atoms with Gasteiger partial charge in [0.05, 0.1) is 30.0 Å². The van der Waals surface area contributed by atoms with E-state index in [-0.39, 0.29) is 41.5 Å². The summed E-state index contributed by atoms with van der Waals surface area (Å²) in [6.07, 6.45) is -4.02. The summed E-state index contributed by atoms with van der Waals surface area (Å²) in [7, 11) is 0. The Morgan fingerprint density at radius 3 is 1.93 bits per heavy atom. The van der Waals surface area contributed by atoms with Gasteiger partial charge in [-0.05, 0) is 85.0 Å². The summed E-state index contributed by atoms with van der Waals surface area (Å²) < 4.78 is 54.9. The largest absolute Gasteiger partial charge is 0.462 e. The summed E-state index contributed by atoms with van der Waals surface area (Å²) in [5, 5.41) is 11.7. The zero-order valence-electron chi connectivity index (χ0n) is 24.3. The van der Waals surface area contributed by atoms with Crippen LogP contribution < -0.4 is 0 Å². The van der Waals surface area contributed by atoms with Crippen molar-refractivity contribution in [3.63, 3.8) is 0 Å². The predicted octanol–water partition coefficient (Wildman–Crippen LogP) is 8.37. The van der Waals surface area contributed by atoms with Crippen LogP contribution in [0.25, 0.3) is 22.4 Å². The van der Waals surface area contributed by atoms with Crippen molar-refractivity contribution in [1.82, 2.24) is 4.98 Å². The van der Waals surface area contributed by atoms with Crippen LogP contribution in [-0.2, 0) is 15.1 Å². The topological polar surface area (TPSA) is 85.7 Å². The van der Waals surface area contributed by atoms with E-state index >= 15 is 0 Å². The molecule has 4 rings (SSSR count). The molecule has 0 radical (unpaired) electrons. The van der Waals surface area contributed by atoms with Crippen LogP contribution in [0.3, 0.4) is 0 Å². The summed E-state index contributed by atoms with van der Waals surface area (Å²) in [5.74, 6) is -2.56. The molecule has 0 aliphatic rings. The van der Waals surface area contributed by atoms with Gasteiger partial charge in [0.2, 0.25) is 0 Å². The molecule has 3 aromatic carbocycles. The molecule has 4 aromatic rings. The average Bonchev–Trinajstić information content (AvgIpc) is 3.02. The van der Waals surface area contributed by atoms with Crippen molar-refractivity contribution in [2.75, 3.05) is 13.2 Å². The number of halogens is 4. The third kappa shape index (κ3) is 6.64. The Morgan fingerprint density at radius 1 is 0.818 bits per heavy atom. The van der Waals surface area contributed by atoms with Crippen LogP contribution in [0.4, 0.5) is 13.2 Å². The maximum absolute atomic E-state index is 14.9. The molecule has 0 amide bonds. The first-order valence-corrected chi connectivity index (χ1v) is 14.4. The Morgan fingerprint density at radius 2 is 1.39 bits per heavy atom. The third-order valence-corrected chi connectivity index (χ3v) is 7.62. The Bertz CT molecular complexity index is 1660. The second kappa shape index (κ2) is 13.6. The first-order valence-electron chi connectivity index (χ1n) is 14.0. The van der Waals surface area contributed by atoms with E-state index in [0.29, 0.717) is 22.3 Å². The van der Waals surface area contributed by atoms with Crippen molar-refractivity contribution in [3.8, 4) is 22.4 Å². The van der Waals surface area contributed by atoms with Gasteiger partial charge in [0.15, 0.2) is 5.60 Å². The zero-order valence-corrected chi connectivity index (χ0v) is 25.1. The molecule has 10 heteroatoms. The molecule has 6 nitrogen and oxygen atoms in total. The van der Waals surface area contributed by atoms with Crippen molar-refractivity contribution in [3.05, 3.63) is 112 Å². The number of aromatic nitrogens is 1. The molecule has 0 aliphatic heterocycles. The molecule has 0 fully saturated rings. The van der Waals surface area contributed by atoms with Crippen LogP contribution in [0.1, 0.15) is 65.0 Å². The number of benzene rings is 3. The van der Waals surface area contributed by atoms with Crippen molar-refractivity contribution in [2.45, 2.75) is 44.9 Å². The minimum Gasteiger partial charge on any atom is -0.462 e. The maximum atomic E-state index is 14.9. The summed E-state index contributed by atoms with van der Waals surface area (Å²) in [6, 6.07) is 19.7. The quantitative estimate of drug-likeness (QED) is 0.178. The van der Waals surface area contributed by atoms with Gasteiger partial charge in [-0.1, -0.05) is 54.9 Å². The van der Waals surface area contributed by atoms with Gasteiger partial charge in [0.25, 0.3) is 0 Å². The summed E-state index contributed by atoms with van der Waals surface area (Å²) >= 11 is 6.62. The lowest BCUT2D eigenvalue weighted by molar-refractivity contribution is -0.276. The van der Waals surface area contributed by atoms with Gasteiger partial charge in [0.1, 0.15) is 0 Å². The number of hydrogen-bond donors (Lipinski definition) is 1. The minimum absolute atomic E-state index is 0.0231. The van der Waals surface area contributed by atoms with Crippen LogP contribution >= 0.6 is 11.6 Å². The van der Waals surface area contributed by atoms with Gasteiger partial charge >= 0.3 is 18.1 Å². The van der Waals surface area contributed by atoms with Gasteiger partial charge in [-0.25, -0.2) is 9.59 Å². The Balaban J connectivity index is 1.76. The van der Waals surface area contributed by atoms with Crippen LogP contribution in [0, 0.1) is 0 Å². The molecule has 0 saturated carbocycles. The van der Waals surface area contributed by atoms with E-state index in [2.05, 4.69) is 4.98 Å². The van der Waals surface area contributed by atoms with Gasteiger partial charge in [-0.15, -0.1) is 0 Å². The number of alkyl halides is 3. The van der Waals surface area contributed by atoms with Crippen molar-refractivity contribution >= 4 is 23.5 Å². The molecule has 2 unspecified atom stereocenters. The van der Waals surface area contributed by atoms with Crippen LogP contribution in [-0.4, -0.2) is 41.4 Å². The van der Waals surface area contributed by atoms with E-state index in [0.717, 1.165) is 6.07 Å². The SMILES string of the molecule is CCOC(=O)c1cccc(-c2ccc(C(CC)C(O)(c3ccnc(-c4cccc(C(=O)OCC)c4)c3)C(F)(F)F)c(Cl)c2)c1. The van der Waals surface area contributed by atoms with Gasteiger partial charge in [-0.2, -0.15) is 13.2 Å². The lowest BCUT2D eigenvalue weighted by atomic mass is 9.75. The van der Waals surface area contributed by atoms with Gasteiger partial charge in [-0.3, -0.25) is 4.98 Å². The Kier molecular flexibility index (Phi) is 10.1.